The SMILES string of the molecule is [2H]c1c([2H])c([2H])c2c(c1[2H])C([2H])([2H])C([2H])(C)N(C)C(=O)[C@@]2([2H])NC(=O)[C@]([2H])(C)CC(=O)[C@@]([2H])(O)C(C)C. The van der Waals surface area contributed by atoms with Gasteiger partial charge in [0.1, 0.15) is 12.1 Å². The van der Waals surface area contributed by atoms with Crippen LogP contribution in [0.5, 0.6) is 0 Å². The minimum atomic E-state index is -3.13. The molecular formula is C21H30N2O4. The highest BCUT2D eigenvalue weighted by Gasteiger charge is 2.34. The van der Waals surface area contributed by atoms with Crippen molar-refractivity contribution >= 4 is 17.6 Å². The summed E-state index contributed by atoms with van der Waals surface area (Å²) in [6.45, 7) is 4.65. The number of Topliss-reactive ketones (excluding diaryl/α,β-unsaturated/α-hetero) is 1. The topological polar surface area (TPSA) is 86.7 Å². The molecule has 0 saturated heterocycles. The van der Waals surface area contributed by atoms with Crippen molar-refractivity contribution < 1.29 is 33.2 Å². The lowest BCUT2D eigenvalue weighted by atomic mass is 9.94. The number of ketones is 1. The second-order valence-electron chi connectivity index (χ2n) is 6.57. The molecule has 1 aromatic rings. The van der Waals surface area contributed by atoms with Gasteiger partial charge in [-0.05, 0) is 30.3 Å². The van der Waals surface area contributed by atoms with Crippen LogP contribution in [0.2, 0.25) is 0 Å². The average Bonchev–Trinajstić information content (AvgIpc) is 2.79. The van der Waals surface area contributed by atoms with Gasteiger partial charge >= 0.3 is 0 Å². The molecule has 6 heteroatoms. The van der Waals surface area contributed by atoms with Gasteiger partial charge in [0.25, 0.3) is 0 Å². The highest BCUT2D eigenvalue weighted by Crippen LogP contribution is 2.27. The summed E-state index contributed by atoms with van der Waals surface area (Å²) in [6.07, 6.45) is -6.60. The van der Waals surface area contributed by atoms with Gasteiger partial charge in [-0.2, -0.15) is 0 Å². The van der Waals surface area contributed by atoms with Crippen LogP contribution in [-0.2, 0) is 20.8 Å². The molecule has 0 bridgehead atoms. The number of hydrogen-bond donors (Lipinski definition) is 2. The number of hydrogen-bond acceptors (Lipinski definition) is 4. The second-order valence-corrected chi connectivity index (χ2v) is 6.57. The minimum absolute atomic E-state index is 0.486. The van der Waals surface area contributed by atoms with Crippen molar-refractivity contribution in [2.75, 3.05) is 7.05 Å². The second kappa shape index (κ2) is 8.65. The normalized spacial score (nSPS) is 37.0. The molecule has 148 valence electrons. The Kier molecular flexibility index (Phi) is 3.51. The van der Waals surface area contributed by atoms with E-state index < -0.39 is 95.6 Å². The lowest BCUT2D eigenvalue weighted by molar-refractivity contribution is -0.138. The zero-order chi connectivity index (χ0) is 29.3. The summed E-state index contributed by atoms with van der Waals surface area (Å²) in [5.41, 5.74) is -1.82. The van der Waals surface area contributed by atoms with Crippen LogP contribution < -0.4 is 5.32 Å². The van der Waals surface area contributed by atoms with Gasteiger partial charge in [-0.1, -0.05) is 44.9 Å². The number of carbonyl (C=O) groups excluding carboxylic acids is 3. The molecule has 0 aliphatic carbocycles. The number of nitrogens with zero attached hydrogens (tertiary/aromatic N) is 1. The van der Waals surface area contributed by atoms with Crippen molar-refractivity contribution in [2.24, 2.45) is 11.8 Å². The van der Waals surface area contributed by atoms with Crippen molar-refractivity contribution in [2.45, 2.75) is 58.6 Å². The van der Waals surface area contributed by atoms with E-state index in [4.69, 9.17) is 13.7 Å². The average molecular weight is 385 g/mol. The van der Waals surface area contributed by atoms with Gasteiger partial charge in [-0.15, -0.1) is 0 Å². The van der Waals surface area contributed by atoms with E-state index in [0.717, 1.165) is 20.9 Å². The van der Waals surface area contributed by atoms with Gasteiger partial charge in [-0.25, -0.2) is 0 Å². The molecule has 0 aromatic heterocycles. The van der Waals surface area contributed by atoms with Gasteiger partial charge in [0.05, 0.1) is 9.60 Å². The molecule has 1 aromatic carbocycles. The van der Waals surface area contributed by atoms with Crippen LogP contribution in [0.25, 0.3) is 0 Å². The molecule has 6 nitrogen and oxygen atoms in total. The van der Waals surface area contributed by atoms with Gasteiger partial charge in [0, 0.05) is 29.5 Å². The van der Waals surface area contributed by atoms with Crippen molar-refractivity contribution in [1.82, 2.24) is 10.2 Å². The van der Waals surface area contributed by atoms with E-state index in [2.05, 4.69) is 0 Å². The Morgan fingerprint density at radius 1 is 1.44 bits per heavy atom. The lowest BCUT2D eigenvalue weighted by Gasteiger charge is -2.26. The number of aliphatic hydroxyl groups is 1. The van der Waals surface area contributed by atoms with Crippen molar-refractivity contribution in [3.63, 3.8) is 0 Å². The summed E-state index contributed by atoms with van der Waals surface area (Å²) in [4.78, 5) is 39.7. The third-order valence-corrected chi connectivity index (χ3v) is 4.15. The Hall–Kier alpha value is -2.21. The van der Waals surface area contributed by atoms with Crippen molar-refractivity contribution in [3.8, 4) is 0 Å². The van der Waals surface area contributed by atoms with E-state index in [-0.39, 0.29) is 0 Å². The van der Waals surface area contributed by atoms with Crippen molar-refractivity contribution in [3.05, 3.63) is 35.3 Å². The van der Waals surface area contributed by atoms with Crippen LogP contribution in [0.3, 0.4) is 0 Å². The number of rotatable bonds is 6. The Labute approximate surface area is 175 Å². The molecular weight excluding hydrogens is 344 g/mol. The lowest BCUT2D eigenvalue weighted by Crippen LogP contribution is -2.44. The minimum Gasteiger partial charge on any atom is -0.385 e. The molecule has 0 radical (unpaired) electrons. The van der Waals surface area contributed by atoms with Gasteiger partial charge < -0.3 is 15.3 Å². The van der Waals surface area contributed by atoms with E-state index in [1.54, 1.807) is 0 Å². The predicted octanol–water partition coefficient (Wildman–Crippen LogP) is 1.86. The Morgan fingerprint density at radius 3 is 2.70 bits per heavy atom. The van der Waals surface area contributed by atoms with E-state index in [1.165, 1.54) is 13.8 Å². The fourth-order valence-electron chi connectivity index (χ4n) is 2.36. The van der Waals surface area contributed by atoms with Crippen LogP contribution >= 0.6 is 0 Å². The van der Waals surface area contributed by atoms with E-state index in [0.29, 0.717) is 4.90 Å². The van der Waals surface area contributed by atoms with E-state index in [9.17, 15) is 19.5 Å². The number of nitrogens with one attached hydrogen (secondary N) is 1. The molecule has 2 rings (SSSR count). The molecule has 1 unspecified atom stereocenters. The van der Waals surface area contributed by atoms with E-state index in [1.807, 2.05) is 5.32 Å². The third-order valence-electron chi connectivity index (χ3n) is 4.15. The molecule has 0 saturated carbocycles. The first kappa shape index (κ1) is 11.0. The van der Waals surface area contributed by atoms with Gasteiger partial charge in [0.2, 0.25) is 11.8 Å². The predicted molar refractivity (Wildman–Crippen MR) is 103 cm³/mol. The first-order valence-electron chi connectivity index (χ1n) is 13.4. The van der Waals surface area contributed by atoms with Gasteiger partial charge in [0.15, 0.2) is 5.78 Å². The summed E-state index contributed by atoms with van der Waals surface area (Å²) in [7, 11) is 0.969. The Morgan fingerprint density at radius 2 is 2.07 bits per heavy atom. The number of likely N-dealkylation sites (N-methyl/N-ethyl adjacent to an activating group) is 1. The number of carbonyl (C=O) groups is 3. The van der Waals surface area contributed by atoms with Gasteiger partial charge in [-0.3, -0.25) is 14.4 Å². The fourth-order valence-corrected chi connectivity index (χ4v) is 2.36. The van der Waals surface area contributed by atoms with Crippen molar-refractivity contribution in [1.29, 1.82) is 0 Å². The van der Waals surface area contributed by atoms with Crippen LogP contribution in [0.15, 0.2) is 24.2 Å². The molecule has 2 N–H and O–H groups in total. The number of fused-ring (bicyclic) bond motifs is 1. The maximum absolute atomic E-state index is 13.5. The summed E-state index contributed by atoms with van der Waals surface area (Å²) in [5, 5.41) is 12.1. The summed E-state index contributed by atoms with van der Waals surface area (Å²) in [6, 6.07) is -9.40. The highest BCUT2D eigenvalue weighted by molar-refractivity contribution is 5.93. The molecule has 1 aliphatic rings. The summed E-state index contributed by atoms with van der Waals surface area (Å²) in [5.74, 6) is -7.40. The zero-order valence-corrected chi connectivity index (χ0v) is 15.9. The van der Waals surface area contributed by atoms with Crippen LogP contribution in [0.4, 0.5) is 0 Å². The maximum atomic E-state index is 13.5. The van der Waals surface area contributed by atoms with Crippen LogP contribution in [0.1, 0.15) is 65.0 Å². The largest absolute Gasteiger partial charge is 0.385 e. The molecule has 0 fully saturated rings. The fraction of sp³-hybridized carbons (Fsp3) is 0.571. The number of amides is 2. The smallest absolute Gasteiger partial charge is 0.249 e. The van der Waals surface area contributed by atoms with Crippen LogP contribution in [-0.4, -0.2) is 46.7 Å². The summed E-state index contributed by atoms with van der Waals surface area (Å²) < 4.78 is 83.4. The Bertz CT molecular complexity index is 1170. The molecule has 4 atom stereocenters. The van der Waals surface area contributed by atoms with E-state index >= 15 is 0 Å². The highest BCUT2D eigenvalue weighted by atomic mass is 16.3. The first-order chi connectivity index (χ1) is 16.4. The monoisotopic (exact) mass is 384 g/mol. The first-order valence-corrected chi connectivity index (χ1v) is 8.38. The third kappa shape index (κ3) is 4.75. The summed E-state index contributed by atoms with van der Waals surface area (Å²) >= 11 is 0. The molecule has 2 amide bonds. The molecule has 0 spiro atoms. The number of benzene rings is 1. The molecule has 1 aliphatic heterocycles. The zero-order valence-electron chi connectivity index (χ0n) is 25.9. The molecule has 1 heterocycles. The van der Waals surface area contributed by atoms with Crippen LogP contribution in [0, 0.1) is 11.8 Å². The maximum Gasteiger partial charge on any atom is 0.249 e. The molecule has 27 heavy (non-hydrogen) atoms. The Balaban J connectivity index is 2.79. The standard InChI is InChI=1S/C21H30N2O4/c1-12(2)19(25)17(24)10-13(3)20(26)22-18-16-9-7-6-8-15(16)11-14(4)23(5)21(18)27/h6-9,12-14,18-19,25H,10-11H2,1-5H3,(H,22,26)/t13-,14?,18+,19+/m1/s1/i6D,7D,8D,9D,11D2,13D,14D,18D,19D. The quantitative estimate of drug-likeness (QED) is 0.784.